The molecule has 4 aromatic heterocycles. The molecule has 5 rings (SSSR count). The lowest BCUT2D eigenvalue weighted by Crippen LogP contribution is -2.32. The van der Waals surface area contributed by atoms with E-state index < -0.39 is 5.41 Å². The average molecular weight is 429 g/mol. The Bertz CT molecular complexity index is 1360. The Morgan fingerprint density at radius 1 is 1.06 bits per heavy atom. The molecule has 1 aliphatic heterocycles. The lowest BCUT2D eigenvalue weighted by molar-refractivity contribution is -0.120. The van der Waals surface area contributed by atoms with Crippen molar-refractivity contribution in [1.29, 1.82) is 0 Å². The number of nitrogens with zero attached hydrogens (tertiary/aromatic N) is 7. The number of imidazole rings is 1. The summed E-state index contributed by atoms with van der Waals surface area (Å²) in [5.41, 5.74) is 3.89. The molecule has 0 spiro atoms. The van der Waals surface area contributed by atoms with Gasteiger partial charge in [0.1, 0.15) is 35.0 Å². The van der Waals surface area contributed by atoms with Gasteiger partial charge in [0, 0.05) is 36.8 Å². The Labute approximate surface area is 185 Å². The van der Waals surface area contributed by atoms with E-state index in [0.29, 0.717) is 40.2 Å². The molecule has 0 aliphatic carbocycles. The Kier molecular flexibility index (Phi) is 4.51. The van der Waals surface area contributed by atoms with Crippen LogP contribution < -0.4 is 5.32 Å². The van der Waals surface area contributed by atoms with E-state index in [-0.39, 0.29) is 5.91 Å². The van der Waals surface area contributed by atoms with Crippen LogP contribution in [0.4, 0.5) is 5.82 Å². The van der Waals surface area contributed by atoms with E-state index in [1.807, 2.05) is 31.5 Å². The SMILES string of the molecule is Cc1ncc(-c2nc3c(-c4cnc5c(c4)[C@](C)(CC(C)C)C(=O)N5)ncnc3n2C)cn1. The second kappa shape index (κ2) is 7.15. The van der Waals surface area contributed by atoms with Crippen molar-refractivity contribution in [2.24, 2.45) is 13.0 Å². The number of aryl methyl sites for hydroxylation is 2. The van der Waals surface area contributed by atoms with Crippen molar-refractivity contribution in [1.82, 2.24) is 34.5 Å². The first-order chi connectivity index (χ1) is 15.3. The van der Waals surface area contributed by atoms with Crippen molar-refractivity contribution in [3.05, 3.63) is 42.4 Å². The van der Waals surface area contributed by atoms with Crippen LogP contribution >= 0.6 is 0 Å². The highest BCUT2D eigenvalue weighted by molar-refractivity contribution is 6.05. The summed E-state index contributed by atoms with van der Waals surface area (Å²) in [6, 6.07) is 2.01. The smallest absolute Gasteiger partial charge is 0.236 e. The van der Waals surface area contributed by atoms with Gasteiger partial charge in [0.2, 0.25) is 5.91 Å². The van der Waals surface area contributed by atoms with Gasteiger partial charge < -0.3 is 9.88 Å². The zero-order chi connectivity index (χ0) is 22.6. The fraction of sp³-hybridized carbons (Fsp3) is 0.348. The normalized spacial score (nSPS) is 17.8. The highest BCUT2D eigenvalue weighted by atomic mass is 16.2. The van der Waals surface area contributed by atoms with E-state index in [1.165, 1.54) is 6.33 Å². The van der Waals surface area contributed by atoms with E-state index in [9.17, 15) is 4.79 Å². The number of rotatable bonds is 4. The third-order valence-electron chi connectivity index (χ3n) is 6.00. The molecule has 32 heavy (non-hydrogen) atoms. The summed E-state index contributed by atoms with van der Waals surface area (Å²) < 4.78 is 1.91. The third kappa shape index (κ3) is 3.04. The minimum Gasteiger partial charge on any atom is -0.312 e. The molecule has 9 nitrogen and oxygen atoms in total. The van der Waals surface area contributed by atoms with Crippen LogP contribution in [0.25, 0.3) is 33.8 Å². The van der Waals surface area contributed by atoms with Gasteiger partial charge in [-0.25, -0.2) is 29.9 Å². The number of fused-ring (bicyclic) bond motifs is 2. The molecule has 0 unspecified atom stereocenters. The van der Waals surface area contributed by atoms with Crippen LogP contribution in [0.15, 0.2) is 31.0 Å². The number of nitrogens with one attached hydrogen (secondary N) is 1. The van der Waals surface area contributed by atoms with Crippen molar-refractivity contribution in [3.8, 4) is 22.6 Å². The molecule has 1 N–H and O–H groups in total. The van der Waals surface area contributed by atoms with Crippen LogP contribution in [0.2, 0.25) is 0 Å². The molecule has 1 aliphatic rings. The van der Waals surface area contributed by atoms with E-state index in [4.69, 9.17) is 4.98 Å². The average Bonchev–Trinajstić information content (AvgIpc) is 3.22. The zero-order valence-electron chi connectivity index (χ0n) is 18.7. The summed E-state index contributed by atoms with van der Waals surface area (Å²) in [6.45, 7) is 8.05. The van der Waals surface area contributed by atoms with E-state index in [1.54, 1.807) is 18.6 Å². The monoisotopic (exact) mass is 428 g/mol. The number of amides is 1. The van der Waals surface area contributed by atoms with Crippen LogP contribution in [0.5, 0.6) is 0 Å². The number of hydrogen-bond donors (Lipinski definition) is 1. The molecule has 0 bridgehead atoms. The topological polar surface area (TPSA) is 111 Å². The largest absolute Gasteiger partial charge is 0.312 e. The number of carbonyl (C=O) groups is 1. The number of carbonyl (C=O) groups excluding carboxylic acids is 1. The summed E-state index contributed by atoms with van der Waals surface area (Å²) in [7, 11) is 1.91. The number of aromatic nitrogens is 7. The molecule has 162 valence electrons. The van der Waals surface area contributed by atoms with Gasteiger partial charge in [0.15, 0.2) is 5.65 Å². The van der Waals surface area contributed by atoms with Crippen LogP contribution in [0.3, 0.4) is 0 Å². The van der Waals surface area contributed by atoms with Crippen molar-refractivity contribution in [3.63, 3.8) is 0 Å². The standard InChI is InChI=1S/C23H24N8O/c1-12(2)7-23(4)16-6-14(8-26-19(16)30-22(23)32)17-18-21(28-11-27-17)31(5)20(29-18)15-9-24-13(3)25-10-15/h6,8-12H,7H2,1-5H3,(H,26,30,32)/t23-/m0/s1. The number of hydrogen-bond acceptors (Lipinski definition) is 7. The zero-order valence-corrected chi connectivity index (χ0v) is 18.7. The maximum atomic E-state index is 12.8. The highest BCUT2D eigenvalue weighted by Crippen LogP contribution is 2.42. The Morgan fingerprint density at radius 2 is 1.78 bits per heavy atom. The predicted molar refractivity (Wildman–Crippen MR) is 121 cm³/mol. The summed E-state index contributed by atoms with van der Waals surface area (Å²) in [5.74, 6) is 2.37. The van der Waals surface area contributed by atoms with E-state index >= 15 is 0 Å². The lowest BCUT2D eigenvalue weighted by Gasteiger charge is -2.24. The third-order valence-corrected chi connectivity index (χ3v) is 6.00. The van der Waals surface area contributed by atoms with Gasteiger partial charge in [-0.1, -0.05) is 13.8 Å². The van der Waals surface area contributed by atoms with Gasteiger partial charge in [0.25, 0.3) is 0 Å². The molecule has 0 radical (unpaired) electrons. The highest BCUT2D eigenvalue weighted by Gasteiger charge is 2.44. The number of pyridine rings is 1. The first-order valence-corrected chi connectivity index (χ1v) is 10.6. The predicted octanol–water partition coefficient (Wildman–Crippen LogP) is 3.45. The molecule has 0 saturated heterocycles. The van der Waals surface area contributed by atoms with Gasteiger partial charge in [-0.05, 0) is 32.3 Å². The lowest BCUT2D eigenvalue weighted by atomic mass is 9.77. The van der Waals surface area contributed by atoms with Gasteiger partial charge >= 0.3 is 0 Å². The molecule has 1 atom stereocenters. The summed E-state index contributed by atoms with van der Waals surface area (Å²) in [5, 5.41) is 2.93. The molecular weight excluding hydrogens is 404 g/mol. The maximum Gasteiger partial charge on any atom is 0.236 e. The van der Waals surface area contributed by atoms with Crippen LogP contribution in [0, 0.1) is 12.8 Å². The molecule has 4 aromatic rings. The minimum atomic E-state index is -0.632. The second-order valence-corrected chi connectivity index (χ2v) is 8.91. The quantitative estimate of drug-likeness (QED) is 0.530. The Morgan fingerprint density at radius 3 is 2.50 bits per heavy atom. The van der Waals surface area contributed by atoms with Crippen molar-refractivity contribution < 1.29 is 4.79 Å². The summed E-state index contributed by atoms with van der Waals surface area (Å²) >= 11 is 0. The minimum absolute atomic E-state index is 0.0156. The maximum absolute atomic E-state index is 12.8. The van der Waals surface area contributed by atoms with E-state index in [0.717, 1.165) is 23.1 Å². The Hall–Kier alpha value is -3.75. The van der Waals surface area contributed by atoms with Gasteiger partial charge in [-0.2, -0.15) is 0 Å². The summed E-state index contributed by atoms with van der Waals surface area (Å²) in [6.07, 6.45) is 7.49. The van der Waals surface area contributed by atoms with Crippen molar-refractivity contribution in [2.45, 2.75) is 39.5 Å². The van der Waals surface area contributed by atoms with Crippen LogP contribution in [0.1, 0.15) is 38.6 Å². The molecule has 9 heteroatoms. The molecule has 1 amide bonds. The molecule has 5 heterocycles. The summed E-state index contributed by atoms with van der Waals surface area (Å²) in [4.78, 5) is 39.7. The molecule has 0 saturated carbocycles. The van der Waals surface area contributed by atoms with Crippen LogP contribution in [-0.2, 0) is 17.3 Å². The first kappa shape index (κ1) is 20.2. The first-order valence-electron chi connectivity index (χ1n) is 10.6. The van der Waals surface area contributed by atoms with Crippen molar-refractivity contribution >= 4 is 22.9 Å². The fourth-order valence-electron chi connectivity index (χ4n) is 4.48. The molecular formula is C23H24N8O. The van der Waals surface area contributed by atoms with Gasteiger partial charge in [-0.3, -0.25) is 4.79 Å². The van der Waals surface area contributed by atoms with E-state index in [2.05, 4.69) is 44.1 Å². The molecule has 0 aromatic carbocycles. The van der Waals surface area contributed by atoms with Gasteiger partial charge in [0.05, 0.1) is 11.0 Å². The second-order valence-electron chi connectivity index (χ2n) is 8.91. The van der Waals surface area contributed by atoms with Gasteiger partial charge in [-0.15, -0.1) is 0 Å². The van der Waals surface area contributed by atoms with Crippen molar-refractivity contribution in [2.75, 3.05) is 5.32 Å². The fourth-order valence-corrected chi connectivity index (χ4v) is 4.48. The number of anilines is 1. The van der Waals surface area contributed by atoms with Crippen LogP contribution in [-0.4, -0.2) is 40.4 Å². The molecule has 0 fully saturated rings. The Balaban J connectivity index is 1.66.